The molecule has 1 aromatic carbocycles. The van der Waals surface area contributed by atoms with Crippen LogP contribution in [0.5, 0.6) is 0 Å². The number of nitrogens with zero attached hydrogens (tertiary/aromatic N) is 2. The summed E-state index contributed by atoms with van der Waals surface area (Å²) in [6.07, 6.45) is 0. The van der Waals surface area contributed by atoms with Crippen LogP contribution in [0.3, 0.4) is 0 Å². The van der Waals surface area contributed by atoms with E-state index in [1.807, 2.05) is 17.5 Å². The van der Waals surface area contributed by atoms with Crippen LogP contribution in [-0.4, -0.2) is 15.2 Å². The summed E-state index contributed by atoms with van der Waals surface area (Å²) in [6.45, 7) is 0. The van der Waals surface area contributed by atoms with Crippen molar-refractivity contribution in [1.82, 2.24) is 15.2 Å². The van der Waals surface area contributed by atoms with Gasteiger partial charge in [-0.1, -0.05) is 6.07 Å². The average molecular weight is 281 g/mol. The van der Waals surface area contributed by atoms with E-state index in [0.29, 0.717) is 5.82 Å². The Morgan fingerprint density at radius 2 is 1.89 bits per heavy atom. The lowest BCUT2D eigenvalue weighted by molar-refractivity contribution is 0.448. The molecule has 2 aromatic heterocycles. The summed E-state index contributed by atoms with van der Waals surface area (Å²) in [7, 11) is 0. The second-order valence-electron chi connectivity index (χ2n) is 3.71. The van der Waals surface area contributed by atoms with Gasteiger partial charge in [0.25, 0.3) is 0 Å². The van der Waals surface area contributed by atoms with E-state index in [-0.39, 0.29) is 11.4 Å². The highest BCUT2D eigenvalue weighted by Crippen LogP contribution is 2.26. The van der Waals surface area contributed by atoms with Crippen LogP contribution in [0.15, 0.2) is 29.6 Å². The zero-order valence-electron chi connectivity index (χ0n) is 9.32. The molecule has 0 amide bonds. The normalized spacial score (nSPS) is 10.9. The van der Waals surface area contributed by atoms with Crippen LogP contribution in [-0.2, 0) is 0 Å². The molecule has 3 rings (SSSR count). The van der Waals surface area contributed by atoms with Gasteiger partial charge in [-0.2, -0.15) is 5.10 Å². The van der Waals surface area contributed by atoms with E-state index in [1.54, 1.807) is 0 Å². The average Bonchev–Trinajstić information content (AvgIpc) is 3.06. The van der Waals surface area contributed by atoms with Crippen LogP contribution in [0.2, 0.25) is 0 Å². The molecule has 0 aliphatic carbocycles. The maximum absolute atomic E-state index is 13.6. The maximum atomic E-state index is 13.6. The summed E-state index contributed by atoms with van der Waals surface area (Å²) >= 11 is 1.43. The van der Waals surface area contributed by atoms with Crippen LogP contribution in [0.25, 0.3) is 22.1 Å². The van der Waals surface area contributed by atoms with E-state index in [2.05, 4.69) is 15.2 Å². The van der Waals surface area contributed by atoms with Crippen molar-refractivity contribution in [2.75, 3.05) is 0 Å². The standard InChI is InChI=1S/C12H6F3N3S/c13-7-4-3-6(9(14)10(7)15)11-16-12(18-17-11)8-2-1-5-19-8/h1-5H,(H,16,17,18). The molecule has 0 spiro atoms. The molecule has 0 aliphatic heterocycles. The van der Waals surface area contributed by atoms with Crippen molar-refractivity contribution in [3.05, 3.63) is 47.1 Å². The van der Waals surface area contributed by atoms with Gasteiger partial charge in [-0.3, -0.25) is 5.10 Å². The quantitative estimate of drug-likeness (QED) is 0.729. The molecule has 3 aromatic rings. The minimum Gasteiger partial charge on any atom is -0.258 e. The van der Waals surface area contributed by atoms with Gasteiger partial charge in [0.2, 0.25) is 0 Å². The fourth-order valence-electron chi connectivity index (χ4n) is 1.60. The number of H-pyrrole nitrogens is 1. The van der Waals surface area contributed by atoms with Crippen LogP contribution in [0.4, 0.5) is 13.2 Å². The van der Waals surface area contributed by atoms with Gasteiger partial charge in [0.15, 0.2) is 29.1 Å². The molecule has 2 heterocycles. The summed E-state index contributed by atoms with van der Waals surface area (Å²) in [4.78, 5) is 4.89. The van der Waals surface area contributed by atoms with Gasteiger partial charge in [0.05, 0.1) is 10.4 Å². The number of aromatic amines is 1. The Balaban J connectivity index is 2.07. The fourth-order valence-corrected chi connectivity index (χ4v) is 2.27. The van der Waals surface area contributed by atoms with Gasteiger partial charge in [0.1, 0.15) is 0 Å². The summed E-state index contributed by atoms with van der Waals surface area (Å²) in [6, 6.07) is 5.60. The number of halogens is 3. The third kappa shape index (κ3) is 2.01. The molecule has 0 aliphatic rings. The number of aromatic nitrogens is 3. The summed E-state index contributed by atoms with van der Waals surface area (Å²) in [5.41, 5.74) is -0.182. The molecule has 1 N–H and O–H groups in total. The van der Waals surface area contributed by atoms with Crippen LogP contribution >= 0.6 is 11.3 Å². The first kappa shape index (κ1) is 11.9. The van der Waals surface area contributed by atoms with Crippen LogP contribution in [0.1, 0.15) is 0 Å². The lowest BCUT2D eigenvalue weighted by Gasteiger charge is -1.99. The minimum absolute atomic E-state index is 0.0141. The molecule has 0 unspecified atom stereocenters. The highest BCUT2D eigenvalue weighted by atomic mass is 32.1. The zero-order chi connectivity index (χ0) is 13.4. The molecular formula is C12H6F3N3S. The Bertz CT molecular complexity index is 722. The highest BCUT2D eigenvalue weighted by Gasteiger charge is 2.18. The summed E-state index contributed by atoms with van der Waals surface area (Å²) in [5.74, 6) is -3.62. The number of thiophene rings is 1. The monoisotopic (exact) mass is 281 g/mol. The van der Waals surface area contributed by atoms with Gasteiger partial charge in [-0.05, 0) is 23.6 Å². The molecule has 3 nitrogen and oxygen atoms in total. The first-order chi connectivity index (χ1) is 9.16. The van der Waals surface area contributed by atoms with Crippen molar-refractivity contribution in [1.29, 1.82) is 0 Å². The van der Waals surface area contributed by atoms with E-state index < -0.39 is 17.5 Å². The van der Waals surface area contributed by atoms with Crippen LogP contribution < -0.4 is 0 Å². The largest absolute Gasteiger partial charge is 0.258 e. The van der Waals surface area contributed by atoms with Crippen molar-refractivity contribution in [3.63, 3.8) is 0 Å². The molecular weight excluding hydrogens is 275 g/mol. The first-order valence-corrected chi connectivity index (χ1v) is 6.15. The van der Waals surface area contributed by atoms with Gasteiger partial charge >= 0.3 is 0 Å². The number of benzene rings is 1. The highest BCUT2D eigenvalue weighted by molar-refractivity contribution is 7.13. The fraction of sp³-hybridized carbons (Fsp3) is 0. The molecule has 0 saturated carbocycles. The molecule has 0 atom stereocenters. The third-order valence-electron chi connectivity index (χ3n) is 2.52. The van der Waals surface area contributed by atoms with Gasteiger partial charge in [-0.25, -0.2) is 18.2 Å². The van der Waals surface area contributed by atoms with Crippen LogP contribution in [0, 0.1) is 17.5 Å². The predicted octanol–water partition coefficient (Wildman–Crippen LogP) is 3.62. The Kier molecular flexibility index (Phi) is 2.83. The molecule has 7 heteroatoms. The number of hydrogen-bond donors (Lipinski definition) is 1. The Hall–Kier alpha value is -2.15. The van der Waals surface area contributed by atoms with E-state index in [9.17, 15) is 13.2 Å². The molecule has 96 valence electrons. The van der Waals surface area contributed by atoms with E-state index >= 15 is 0 Å². The second kappa shape index (κ2) is 4.51. The first-order valence-electron chi connectivity index (χ1n) is 5.27. The van der Waals surface area contributed by atoms with Crippen molar-refractivity contribution in [2.24, 2.45) is 0 Å². The minimum atomic E-state index is -1.53. The Morgan fingerprint density at radius 1 is 1.05 bits per heavy atom. The Labute approximate surface area is 109 Å². The molecule has 0 radical (unpaired) electrons. The van der Waals surface area contributed by atoms with Crippen molar-refractivity contribution >= 4 is 11.3 Å². The van der Waals surface area contributed by atoms with E-state index in [4.69, 9.17) is 0 Å². The van der Waals surface area contributed by atoms with Crippen molar-refractivity contribution in [2.45, 2.75) is 0 Å². The van der Waals surface area contributed by atoms with Crippen molar-refractivity contribution in [3.8, 4) is 22.1 Å². The summed E-state index contributed by atoms with van der Waals surface area (Å²) in [5, 5.41) is 8.31. The summed E-state index contributed by atoms with van der Waals surface area (Å²) < 4.78 is 39.6. The zero-order valence-corrected chi connectivity index (χ0v) is 10.1. The van der Waals surface area contributed by atoms with Gasteiger partial charge < -0.3 is 0 Å². The van der Waals surface area contributed by atoms with Gasteiger partial charge in [-0.15, -0.1) is 11.3 Å². The predicted molar refractivity (Wildman–Crippen MR) is 65.0 cm³/mol. The topological polar surface area (TPSA) is 41.6 Å². The lowest BCUT2D eigenvalue weighted by atomic mass is 10.2. The van der Waals surface area contributed by atoms with E-state index in [0.717, 1.165) is 17.0 Å². The van der Waals surface area contributed by atoms with E-state index in [1.165, 1.54) is 11.3 Å². The Morgan fingerprint density at radius 3 is 2.63 bits per heavy atom. The second-order valence-corrected chi connectivity index (χ2v) is 4.66. The number of hydrogen-bond acceptors (Lipinski definition) is 3. The number of nitrogens with one attached hydrogen (secondary N) is 1. The molecule has 0 saturated heterocycles. The van der Waals surface area contributed by atoms with Gasteiger partial charge in [0, 0.05) is 0 Å². The smallest absolute Gasteiger partial charge is 0.195 e. The molecule has 19 heavy (non-hydrogen) atoms. The lowest BCUT2D eigenvalue weighted by Crippen LogP contribution is -1.95. The van der Waals surface area contributed by atoms with Crippen molar-refractivity contribution < 1.29 is 13.2 Å². The molecule has 0 bridgehead atoms. The SMILES string of the molecule is Fc1ccc(-c2n[nH]c(-c3cccs3)n2)c(F)c1F. The number of rotatable bonds is 2. The third-order valence-corrected chi connectivity index (χ3v) is 3.39. The maximum Gasteiger partial charge on any atom is 0.195 e. The molecule has 0 fully saturated rings.